The van der Waals surface area contributed by atoms with Crippen LogP contribution in [-0.4, -0.2) is 31.0 Å². The molecule has 0 aromatic rings. The van der Waals surface area contributed by atoms with Crippen LogP contribution in [0.25, 0.3) is 0 Å². The largest absolute Gasteiger partial charge is 0.370 e. The third kappa shape index (κ3) is 9.64. The number of nitrogens with one attached hydrogen (secondary N) is 2. The van der Waals surface area contributed by atoms with Gasteiger partial charge in [0.15, 0.2) is 5.96 Å². The predicted octanol–water partition coefficient (Wildman–Crippen LogP) is 2.70. The standard InChI is InChI=1S/C17H34N4O/c1-2-3-4-5-6-9-13-19-17(18)20-14-12-16(22)21-15-10-7-8-11-15/h15H,2-14H2,1H3,(H,21,22)(H3,18,19,20). The molecule has 0 aromatic heterocycles. The summed E-state index contributed by atoms with van der Waals surface area (Å²) in [4.78, 5) is 16.0. The zero-order valence-corrected chi connectivity index (χ0v) is 14.2. The first kappa shape index (κ1) is 18.8. The molecule has 0 spiro atoms. The van der Waals surface area contributed by atoms with Crippen molar-refractivity contribution in [2.75, 3.05) is 13.1 Å². The van der Waals surface area contributed by atoms with Gasteiger partial charge in [0.05, 0.1) is 0 Å². The molecule has 1 aliphatic carbocycles. The zero-order valence-electron chi connectivity index (χ0n) is 14.2. The molecule has 1 saturated carbocycles. The fraction of sp³-hybridized carbons (Fsp3) is 0.882. The number of nitrogens with zero attached hydrogens (tertiary/aromatic N) is 1. The number of carbonyl (C=O) groups excluding carboxylic acids is 1. The lowest BCUT2D eigenvalue weighted by Gasteiger charge is -2.12. The van der Waals surface area contributed by atoms with Gasteiger partial charge < -0.3 is 16.4 Å². The summed E-state index contributed by atoms with van der Waals surface area (Å²) in [6.45, 7) is 3.56. The number of carbonyl (C=O) groups is 1. The first-order valence-corrected chi connectivity index (χ1v) is 9.05. The molecule has 0 heterocycles. The van der Waals surface area contributed by atoms with Gasteiger partial charge in [0, 0.05) is 25.6 Å². The van der Waals surface area contributed by atoms with Gasteiger partial charge in [-0.25, -0.2) is 0 Å². The van der Waals surface area contributed by atoms with E-state index in [1.54, 1.807) is 0 Å². The van der Waals surface area contributed by atoms with Crippen molar-refractivity contribution >= 4 is 11.9 Å². The molecule has 1 fully saturated rings. The van der Waals surface area contributed by atoms with Crippen LogP contribution >= 0.6 is 0 Å². The van der Waals surface area contributed by atoms with Crippen molar-refractivity contribution in [3.63, 3.8) is 0 Å². The smallest absolute Gasteiger partial charge is 0.221 e. The highest BCUT2D eigenvalue weighted by Crippen LogP contribution is 2.17. The van der Waals surface area contributed by atoms with E-state index < -0.39 is 0 Å². The Balaban J connectivity index is 1.96. The van der Waals surface area contributed by atoms with Gasteiger partial charge in [-0.1, -0.05) is 51.9 Å². The number of hydrogen-bond acceptors (Lipinski definition) is 2. The summed E-state index contributed by atoms with van der Waals surface area (Å²) in [5.74, 6) is 0.574. The molecule has 1 amide bonds. The van der Waals surface area contributed by atoms with Crippen molar-refractivity contribution < 1.29 is 4.79 Å². The second-order valence-corrected chi connectivity index (χ2v) is 6.26. The van der Waals surface area contributed by atoms with E-state index in [9.17, 15) is 4.79 Å². The van der Waals surface area contributed by atoms with Gasteiger partial charge in [-0.3, -0.25) is 9.79 Å². The van der Waals surface area contributed by atoms with Crippen molar-refractivity contribution in [1.82, 2.24) is 10.6 Å². The van der Waals surface area contributed by atoms with E-state index in [0.29, 0.717) is 25.0 Å². The van der Waals surface area contributed by atoms with Crippen LogP contribution in [0.4, 0.5) is 0 Å². The molecule has 0 unspecified atom stereocenters. The minimum absolute atomic E-state index is 0.114. The summed E-state index contributed by atoms with van der Waals surface area (Å²) >= 11 is 0. The molecule has 0 aromatic carbocycles. The third-order valence-electron chi connectivity index (χ3n) is 4.17. The van der Waals surface area contributed by atoms with Gasteiger partial charge in [-0.2, -0.15) is 0 Å². The zero-order chi connectivity index (χ0) is 16.0. The van der Waals surface area contributed by atoms with Crippen molar-refractivity contribution in [2.45, 2.75) is 83.6 Å². The van der Waals surface area contributed by atoms with Crippen molar-refractivity contribution in [1.29, 1.82) is 0 Å². The lowest BCUT2D eigenvalue weighted by molar-refractivity contribution is -0.121. The highest BCUT2D eigenvalue weighted by Gasteiger charge is 2.16. The average molecular weight is 310 g/mol. The highest BCUT2D eigenvalue weighted by molar-refractivity contribution is 5.80. The number of hydrogen-bond donors (Lipinski definition) is 3. The summed E-state index contributed by atoms with van der Waals surface area (Å²) in [6.07, 6.45) is 12.7. The Bertz CT molecular complexity index is 325. The van der Waals surface area contributed by atoms with Gasteiger partial charge in [0.1, 0.15) is 0 Å². The van der Waals surface area contributed by atoms with Gasteiger partial charge in [0.2, 0.25) is 5.91 Å². The van der Waals surface area contributed by atoms with E-state index in [4.69, 9.17) is 5.73 Å². The molecule has 22 heavy (non-hydrogen) atoms. The lowest BCUT2D eigenvalue weighted by Crippen LogP contribution is -2.37. The summed E-state index contributed by atoms with van der Waals surface area (Å²) in [5, 5.41) is 6.09. The van der Waals surface area contributed by atoms with Crippen LogP contribution in [-0.2, 0) is 4.79 Å². The monoisotopic (exact) mass is 310 g/mol. The van der Waals surface area contributed by atoms with E-state index in [2.05, 4.69) is 22.5 Å². The molecule has 5 heteroatoms. The third-order valence-corrected chi connectivity index (χ3v) is 4.17. The number of amides is 1. The van der Waals surface area contributed by atoms with E-state index in [1.165, 1.54) is 44.9 Å². The molecule has 4 N–H and O–H groups in total. The number of rotatable bonds is 11. The Morgan fingerprint density at radius 2 is 1.82 bits per heavy atom. The number of nitrogens with two attached hydrogens (primary N) is 1. The normalized spacial score (nSPS) is 16.0. The Hall–Kier alpha value is -1.26. The van der Waals surface area contributed by atoms with Gasteiger partial charge in [-0.05, 0) is 19.3 Å². The predicted molar refractivity (Wildman–Crippen MR) is 92.9 cm³/mol. The summed E-state index contributed by atoms with van der Waals surface area (Å²) in [6, 6.07) is 0.395. The maximum absolute atomic E-state index is 11.7. The molecule has 0 aliphatic heterocycles. The molecule has 128 valence electrons. The molecule has 1 aliphatic rings. The topological polar surface area (TPSA) is 79.5 Å². The molecule has 5 nitrogen and oxygen atoms in total. The summed E-state index contributed by atoms with van der Waals surface area (Å²) in [5.41, 5.74) is 5.79. The minimum Gasteiger partial charge on any atom is -0.370 e. The molecule has 1 rings (SSSR count). The Morgan fingerprint density at radius 1 is 1.14 bits per heavy atom. The Morgan fingerprint density at radius 3 is 2.55 bits per heavy atom. The van der Waals surface area contributed by atoms with Crippen LogP contribution < -0.4 is 16.4 Å². The molecule has 0 bridgehead atoms. The van der Waals surface area contributed by atoms with Gasteiger partial charge in [-0.15, -0.1) is 0 Å². The maximum Gasteiger partial charge on any atom is 0.221 e. The second-order valence-electron chi connectivity index (χ2n) is 6.26. The van der Waals surface area contributed by atoms with E-state index >= 15 is 0 Å². The van der Waals surface area contributed by atoms with Crippen LogP contribution in [0.1, 0.15) is 77.6 Å². The van der Waals surface area contributed by atoms with Gasteiger partial charge in [0.25, 0.3) is 0 Å². The van der Waals surface area contributed by atoms with Crippen molar-refractivity contribution in [3.05, 3.63) is 0 Å². The second kappa shape index (κ2) is 12.3. The van der Waals surface area contributed by atoms with Crippen molar-refractivity contribution in [3.8, 4) is 0 Å². The SMILES string of the molecule is CCCCCCCCN=C(N)NCCC(=O)NC1CCCC1. The molecule has 0 saturated heterocycles. The fourth-order valence-electron chi connectivity index (χ4n) is 2.82. The minimum atomic E-state index is 0.114. The van der Waals surface area contributed by atoms with Crippen LogP contribution in [0.3, 0.4) is 0 Å². The maximum atomic E-state index is 11.7. The summed E-state index contributed by atoms with van der Waals surface area (Å²) in [7, 11) is 0. The summed E-state index contributed by atoms with van der Waals surface area (Å²) < 4.78 is 0. The molecular weight excluding hydrogens is 276 g/mol. The Labute approximate surface area is 135 Å². The van der Waals surface area contributed by atoms with E-state index in [1.807, 2.05) is 0 Å². The molecule has 0 atom stereocenters. The van der Waals surface area contributed by atoms with E-state index in [-0.39, 0.29) is 5.91 Å². The highest BCUT2D eigenvalue weighted by atomic mass is 16.1. The van der Waals surface area contributed by atoms with Gasteiger partial charge >= 0.3 is 0 Å². The first-order chi connectivity index (χ1) is 10.7. The van der Waals surface area contributed by atoms with Crippen LogP contribution in [0.5, 0.6) is 0 Å². The average Bonchev–Trinajstić information content (AvgIpc) is 2.99. The number of unbranched alkanes of at least 4 members (excludes halogenated alkanes) is 5. The number of guanidine groups is 1. The Kier molecular flexibility index (Phi) is 10.5. The van der Waals surface area contributed by atoms with Crippen molar-refractivity contribution in [2.24, 2.45) is 10.7 Å². The quantitative estimate of drug-likeness (QED) is 0.312. The number of aliphatic imine (C=N–C) groups is 1. The fourth-order valence-corrected chi connectivity index (χ4v) is 2.82. The first-order valence-electron chi connectivity index (χ1n) is 9.05. The van der Waals surface area contributed by atoms with Crippen LogP contribution in [0, 0.1) is 0 Å². The molecular formula is C17H34N4O. The van der Waals surface area contributed by atoms with Crippen LogP contribution in [0.15, 0.2) is 4.99 Å². The van der Waals surface area contributed by atoms with E-state index in [0.717, 1.165) is 25.8 Å². The lowest BCUT2D eigenvalue weighted by atomic mass is 10.1. The molecule has 0 radical (unpaired) electrons. The van der Waals surface area contributed by atoms with Crippen LogP contribution in [0.2, 0.25) is 0 Å².